The van der Waals surface area contributed by atoms with Gasteiger partial charge in [0.2, 0.25) is 0 Å². The molecule has 38 heavy (non-hydrogen) atoms. The summed E-state index contributed by atoms with van der Waals surface area (Å²) in [5.74, 6) is -2.28. The first kappa shape index (κ1) is 31.8. The third-order valence-corrected chi connectivity index (χ3v) is 7.81. The van der Waals surface area contributed by atoms with Crippen LogP contribution in [0.3, 0.4) is 0 Å². The zero-order chi connectivity index (χ0) is 28.5. The topological polar surface area (TPSA) is 69.6 Å². The molecule has 206 valence electrons. The summed E-state index contributed by atoms with van der Waals surface area (Å²) in [7, 11) is 0. The van der Waals surface area contributed by atoms with Crippen molar-refractivity contribution in [2.75, 3.05) is 5.32 Å². The maximum atomic E-state index is 13.0. The molecule has 3 atom stereocenters. The predicted octanol–water partition coefficient (Wildman–Crippen LogP) is 8.09. The summed E-state index contributed by atoms with van der Waals surface area (Å²) < 4.78 is 25.7. The lowest BCUT2D eigenvalue weighted by Gasteiger charge is -2.44. The lowest BCUT2D eigenvalue weighted by Crippen LogP contribution is -2.49. The number of thiol groups is 1. The van der Waals surface area contributed by atoms with E-state index in [1.165, 1.54) is 24.3 Å². The highest BCUT2D eigenvalue weighted by Crippen LogP contribution is 2.42. The average Bonchev–Trinajstić information content (AvgIpc) is 2.92. The summed E-state index contributed by atoms with van der Waals surface area (Å²) in [6.07, 6.45) is 1.79. The smallest absolute Gasteiger partial charge is 0.255 e. The first-order valence-corrected chi connectivity index (χ1v) is 13.5. The lowest BCUT2D eigenvalue weighted by atomic mass is 9.69. The van der Waals surface area contributed by atoms with Crippen molar-refractivity contribution in [3.63, 3.8) is 0 Å². The van der Waals surface area contributed by atoms with E-state index in [-0.39, 0.29) is 17.5 Å². The van der Waals surface area contributed by atoms with E-state index in [0.29, 0.717) is 15.5 Å². The molecule has 4 nitrogen and oxygen atoms in total. The normalized spacial score (nSPS) is 14.2. The molecule has 0 saturated carbocycles. The van der Waals surface area contributed by atoms with E-state index in [1.54, 1.807) is 0 Å². The fourth-order valence-corrected chi connectivity index (χ4v) is 4.83. The van der Waals surface area contributed by atoms with Gasteiger partial charge in [-0.15, -0.1) is 12.6 Å². The zero-order valence-electron chi connectivity index (χ0n) is 22.1. The van der Waals surface area contributed by atoms with Gasteiger partial charge in [0.15, 0.2) is 11.6 Å². The molecule has 0 saturated heterocycles. The van der Waals surface area contributed by atoms with E-state index >= 15 is 0 Å². The quantitative estimate of drug-likeness (QED) is 0.199. The van der Waals surface area contributed by atoms with Gasteiger partial charge in [-0.25, -0.2) is 8.78 Å². The minimum absolute atomic E-state index is 0.0626. The first-order chi connectivity index (χ1) is 18.0. The highest BCUT2D eigenvalue weighted by Gasteiger charge is 2.45. The van der Waals surface area contributed by atoms with Crippen LogP contribution in [0.4, 0.5) is 14.5 Å². The first-order valence-electron chi connectivity index (χ1n) is 12.7. The molecule has 3 N–H and O–H groups in total. The van der Waals surface area contributed by atoms with Crippen LogP contribution in [0.25, 0.3) is 0 Å². The van der Waals surface area contributed by atoms with Crippen LogP contribution in [0.15, 0.2) is 71.6 Å². The maximum absolute atomic E-state index is 13.0. The SMILES string of the molecule is CCC(CC)C(O)(C(O)c1ccccc1)[C@H](C)CC.O=C(Nc1ccc(F)c(F)c1)c1ccc(Cl)c(S)c1. The van der Waals surface area contributed by atoms with Crippen molar-refractivity contribution in [1.82, 2.24) is 0 Å². The summed E-state index contributed by atoms with van der Waals surface area (Å²) in [4.78, 5) is 12.3. The molecule has 0 radical (unpaired) electrons. The fourth-order valence-electron chi connectivity index (χ4n) is 4.50. The van der Waals surface area contributed by atoms with E-state index < -0.39 is 29.2 Å². The van der Waals surface area contributed by atoms with Gasteiger partial charge in [0.05, 0.1) is 10.6 Å². The highest BCUT2D eigenvalue weighted by molar-refractivity contribution is 7.80. The van der Waals surface area contributed by atoms with Crippen LogP contribution in [0.1, 0.15) is 69.0 Å². The largest absolute Gasteiger partial charge is 0.386 e. The third-order valence-electron chi connectivity index (χ3n) is 6.98. The van der Waals surface area contributed by atoms with Crippen molar-refractivity contribution >= 4 is 35.8 Å². The van der Waals surface area contributed by atoms with Crippen LogP contribution in [-0.2, 0) is 0 Å². The Hall–Kier alpha value is -2.45. The number of aliphatic hydroxyl groups excluding tert-OH is 1. The Morgan fingerprint density at radius 1 is 0.974 bits per heavy atom. The molecule has 0 bridgehead atoms. The van der Waals surface area contributed by atoms with Crippen LogP contribution in [0.2, 0.25) is 5.02 Å². The van der Waals surface area contributed by atoms with E-state index in [2.05, 4.69) is 38.7 Å². The third kappa shape index (κ3) is 7.79. The van der Waals surface area contributed by atoms with Crippen molar-refractivity contribution in [1.29, 1.82) is 0 Å². The molecule has 0 fully saturated rings. The summed E-state index contributed by atoms with van der Waals surface area (Å²) >= 11 is 9.88. The van der Waals surface area contributed by atoms with Gasteiger partial charge in [0, 0.05) is 22.2 Å². The minimum atomic E-state index is -1.06. The fraction of sp³-hybridized carbons (Fsp3) is 0.367. The van der Waals surface area contributed by atoms with Crippen molar-refractivity contribution in [3.05, 3.63) is 94.5 Å². The number of nitrogens with one attached hydrogen (secondary N) is 1. The predicted molar refractivity (Wildman–Crippen MR) is 153 cm³/mol. The van der Waals surface area contributed by atoms with E-state index in [0.717, 1.165) is 37.0 Å². The Balaban J connectivity index is 0.000000267. The van der Waals surface area contributed by atoms with E-state index in [9.17, 15) is 23.8 Å². The number of halogens is 3. The number of rotatable bonds is 9. The minimum Gasteiger partial charge on any atom is -0.386 e. The summed E-state index contributed by atoms with van der Waals surface area (Å²) in [5, 5.41) is 24.8. The molecule has 0 aliphatic carbocycles. The summed E-state index contributed by atoms with van der Waals surface area (Å²) in [5.41, 5.74) is 0.232. The Labute approximate surface area is 234 Å². The van der Waals surface area contributed by atoms with Gasteiger partial charge in [-0.05, 0) is 47.7 Å². The Morgan fingerprint density at radius 2 is 1.61 bits per heavy atom. The van der Waals surface area contributed by atoms with Crippen molar-refractivity contribution in [2.45, 2.75) is 63.6 Å². The molecule has 0 aliphatic rings. The summed E-state index contributed by atoms with van der Waals surface area (Å²) in [6, 6.07) is 17.2. The van der Waals surface area contributed by atoms with Gasteiger partial charge >= 0.3 is 0 Å². The number of anilines is 1. The maximum Gasteiger partial charge on any atom is 0.255 e. The van der Waals surface area contributed by atoms with Gasteiger partial charge in [-0.1, -0.05) is 88.9 Å². The van der Waals surface area contributed by atoms with Crippen molar-refractivity contribution in [3.8, 4) is 0 Å². The van der Waals surface area contributed by atoms with E-state index in [1.807, 2.05) is 37.3 Å². The second kappa shape index (κ2) is 14.6. The van der Waals surface area contributed by atoms with Gasteiger partial charge < -0.3 is 15.5 Å². The lowest BCUT2D eigenvalue weighted by molar-refractivity contribution is -0.152. The molecule has 2 unspecified atom stereocenters. The second-order valence-corrected chi connectivity index (χ2v) is 10.2. The van der Waals surface area contributed by atoms with Gasteiger partial charge in [0.25, 0.3) is 5.91 Å². The number of carbonyl (C=O) groups is 1. The molecular formula is C30H36ClF2NO3S. The van der Waals surface area contributed by atoms with Crippen molar-refractivity contribution < 1.29 is 23.8 Å². The van der Waals surface area contributed by atoms with Crippen LogP contribution in [0, 0.1) is 23.5 Å². The molecule has 0 aromatic heterocycles. The van der Waals surface area contributed by atoms with Crippen LogP contribution < -0.4 is 5.32 Å². The standard InChI is InChI=1S/C17H28O2.C13H8ClF2NOS/c1-5-13(4)17(19,15(6-2)7-3)16(18)14-11-9-8-10-12-14;14-9-3-1-7(5-12(9)19)13(18)17-8-2-4-10(15)11(16)6-8/h8-13,15-16,18-19H,5-7H2,1-4H3;1-6,19H,(H,17,18)/t13-,16?,17?;/m1./s1. The number of hydrogen-bond donors (Lipinski definition) is 4. The van der Waals surface area contributed by atoms with Gasteiger partial charge in [0.1, 0.15) is 6.10 Å². The molecule has 3 rings (SSSR count). The van der Waals surface area contributed by atoms with Crippen LogP contribution >= 0.6 is 24.2 Å². The molecule has 8 heteroatoms. The van der Waals surface area contributed by atoms with Crippen LogP contribution in [-0.4, -0.2) is 21.7 Å². The summed E-state index contributed by atoms with van der Waals surface area (Å²) in [6.45, 7) is 8.26. The number of benzene rings is 3. The molecule has 0 aliphatic heterocycles. The molecular weight excluding hydrogens is 528 g/mol. The number of aliphatic hydroxyl groups is 2. The number of amides is 1. The zero-order valence-corrected chi connectivity index (χ0v) is 23.7. The van der Waals surface area contributed by atoms with Gasteiger partial charge in [-0.3, -0.25) is 4.79 Å². The Kier molecular flexibility index (Phi) is 12.2. The Bertz CT molecular complexity index is 1190. The second-order valence-electron chi connectivity index (χ2n) is 9.27. The van der Waals surface area contributed by atoms with Crippen molar-refractivity contribution in [2.24, 2.45) is 11.8 Å². The molecule has 0 heterocycles. The molecule has 1 amide bonds. The molecule has 0 spiro atoms. The number of carbonyl (C=O) groups excluding carboxylic acids is 1. The van der Waals surface area contributed by atoms with Gasteiger partial charge in [-0.2, -0.15) is 0 Å². The monoisotopic (exact) mass is 563 g/mol. The number of hydrogen-bond acceptors (Lipinski definition) is 4. The van der Waals surface area contributed by atoms with E-state index in [4.69, 9.17) is 11.6 Å². The van der Waals surface area contributed by atoms with Crippen LogP contribution in [0.5, 0.6) is 0 Å². The molecule has 3 aromatic rings. The average molecular weight is 564 g/mol. The Morgan fingerprint density at radius 3 is 2.13 bits per heavy atom. The molecule has 3 aromatic carbocycles. The highest BCUT2D eigenvalue weighted by atomic mass is 35.5.